The SMILES string of the molecule is O=C(CNCCNC(=O)C1CC1)NCc1ccccc1. The van der Waals surface area contributed by atoms with Crippen LogP contribution in [-0.2, 0) is 16.1 Å². The summed E-state index contributed by atoms with van der Waals surface area (Å²) in [7, 11) is 0. The van der Waals surface area contributed by atoms with E-state index >= 15 is 0 Å². The van der Waals surface area contributed by atoms with Gasteiger partial charge in [0.15, 0.2) is 0 Å². The molecule has 1 aromatic carbocycles. The predicted octanol–water partition coefficient (Wildman–Crippen LogP) is 0.419. The number of hydrogen-bond donors (Lipinski definition) is 3. The number of rotatable bonds is 8. The predicted molar refractivity (Wildman–Crippen MR) is 76.9 cm³/mol. The minimum Gasteiger partial charge on any atom is -0.355 e. The van der Waals surface area contributed by atoms with Crippen LogP contribution in [0.5, 0.6) is 0 Å². The summed E-state index contributed by atoms with van der Waals surface area (Å²) in [6, 6.07) is 9.79. The first-order valence-corrected chi connectivity index (χ1v) is 7.05. The van der Waals surface area contributed by atoms with Crippen molar-refractivity contribution in [2.24, 2.45) is 5.92 Å². The Labute approximate surface area is 119 Å². The van der Waals surface area contributed by atoms with E-state index in [0.29, 0.717) is 19.6 Å². The number of carbonyl (C=O) groups is 2. The van der Waals surface area contributed by atoms with Gasteiger partial charge in [-0.15, -0.1) is 0 Å². The molecule has 2 amide bonds. The fraction of sp³-hybridized carbons (Fsp3) is 0.467. The molecule has 1 saturated carbocycles. The lowest BCUT2D eigenvalue weighted by Crippen LogP contribution is -2.38. The maximum Gasteiger partial charge on any atom is 0.234 e. The molecule has 0 aromatic heterocycles. The monoisotopic (exact) mass is 275 g/mol. The zero-order valence-corrected chi connectivity index (χ0v) is 11.5. The zero-order valence-electron chi connectivity index (χ0n) is 11.5. The first-order valence-electron chi connectivity index (χ1n) is 7.05. The van der Waals surface area contributed by atoms with Gasteiger partial charge >= 0.3 is 0 Å². The van der Waals surface area contributed by atoms with E-state index in [4.69, 9.17) is 0 Å². The van der Waals surface area contributed by atoms with E-state index in [1.165, 1.54) is 0 Å². The van der Waals surface area contributed by atoms with Crippen LogP contribution in [0.25, 0.3) is 0 Å². The van der Waals surface area contributed by atoms with E-state index in [1.54, 1.807) is 0 Å². The molecule has 5 nitrogen and oxygen atoms in total. The number of benzene rings is 1. The van der Waals surface area contributed by atoms with Gasteiger partial charge in [0.1, 0.15) is 0 Å². The summed E-state index contributed by atoms with van der Waals surface area (Å²) < 4.78 is 0. The summed E-state index contributed by atoms with van der Waals surface area (Å²) >= 11 is 0. The Bertz CT molecular complexity index is 444. The van der Waals surface area contributed by atoms with Crippen molar-refractivity contribution in [1.82, 2.24) is 16.0 Å². The van der Waals surface area contributed by atoms with Gasteiger partial charge in [0.2, 0.25) is 11.8 Å². The second kappa shape index (κ2) is 7.65. The number of carbonyl (C=O) groups excluding carboxylic acids is 2. The van der Waals surface area contributed by atoms with Gasteiger partial charge in [0.25, 0.3) is 0 Å². The third-order valence-electron chi connectivity index (χ3n) is 3.17. The normalized spacial score (nSPS) is 13.8. The van der Waals surface area contributed by atoms with Crippen molar-refractivity contribution in [3.63, 3.8) is 0 Å². The first kappa shape index (κ1) is 14.5. The molecular formula is C15H21N3O2. The van der Waals surface area contributed by atoms with Crippen LogP contribution in [0.3, 0.4) is 0 Å². The van der Waals surface area contributed by atoms with Crippen molar-refractivity contribution in [1.29, 1.82) is 0 Å². The van der Waals surface area contributed by atoms with Crippen LogP contribution in [0.4, 0.5) is 0 Å². The standard InChI is InChI=1S/C15H21N3O2/c19-14(18-10-12-4-2-1-3-5-12)11-16-8-9-17-15(20)13-6-7-13/h1-5,13,16H,6-11H2,(H,17,20)(H,18,19). The van der Waals surface area contributed by atoms with Gasteiger partial charge in [-0.25, -0.2) is 0 Å². The van der Waals surface area contributed by atoms with Crippen molar-refractivity contribution in [3.05, 3.63) is 35.9 Å². The summed E-state index contributed by atoms with van der Waals surface area (Å²) in [6.45, 7) is 1.99. The molecule has 3 N–H and O–H groups in total. The van der Waals surface area contributed by atoms with Crippen molar-refractivity contribution in [2.45, 2.75) is 19.4 Å². The lowest BCUT2D eigenvalue weighted by Gasteiger charge is -2.07. The second-order valence-electron chi connectivity index (χ2n) is 5.00. The Balaban J connectivity index is 1.48. The van der Waals surface area contributed by atoms with Gasteiger partial charge in [-0.3, -0.25) is 9.59 Å². The third kappa shape index (κ3) is 5.40. The highest BCUT2D eigenvalue weighted by atomic mass is 16.2. The maximum atomic E-state index is 11.6. The van der Waals surface area contributed by atoms with Gasteiger partial charge in [-0.1, -0.05) is 30.3 Å². The molecule has 0 saturated heterocycles. The number of nitrogens with one attached hydrogen (secondary N) is 3. The molecule has 1 fully saturated rings. The van der Waals surface area contributed by atoms with Crippen LogP contribution in [0, 0.1) is 5.92 Å². The van der Waals surface area contributed by atoms with Crippen LogP contribution in [0.1, 0.15) is 18.4 Å². The van der Waals surface area contributed by atoms with Crippen molar-refractivity contribution in [2.75, 3.05) is 19.6 Å². The Hall–Kier alpha value is -1.88. The molecule has 1 aliphatic carbocycles. The van der Waals surface area contributed by atoms with Crippen molar-refractivity contribution < 1.29 is 9.59 Å². The van der Waals surface area contributed by atoms with Crippen LogP contribution in [-0.4, -0.2) is 31.4 Å². The molecule has 2 rings (SSSR count). The zero-order chi connectivity index (χ0) is 14.2. The lowest BCUT2D eigenvalue weighted by molar-refractivity contribution is -0.122. The fourth-order valence-corrected chi connectivity index (χ4v) is 1.82. The van der Waals surface area contributed by atoms with E-state index < -0.39 is 0 Å². The molecule has 5 heteroatoms. The van der Waals surface area contributed by atoms with E-state index in [2.05, 4.69) is 16.0 Å². The summed E-state index contributed by atoms with van der Waals surface area (Å²) in [5, 5.41) is 8.69. The highest BCUT2D eigenvalue weighted by molar-refractivity contribution is 5.80. The van der Waals surface area contributed by atoms with E-state index in [-0.39, 0.29) is 24.3 Å². The second-order valence-corrected chi connectivity index (χ2v) is 5.00. The van der Waals surface area contributed by atoms with Crippen LogP contribution in [0.15, 0.2) is 30.3 Å². The minimum absolute atomic E-state index is 0.0395. The van der Waals surface area contributed by atoms with Gasteiger partial charge in [-0.05, 0) is 18.4 Å². The van der Waals surface area contributed by atoms with E-state index in [1.807, 2.05) is 30.3 Å². The average Bonchev–Trinajstić information content (AvgIpc) is 3.30. The average molecular weight is 275 g/mol. The van der Waals surface area contributed by atoms with Gasteiger partial charge in [-0.2, -0.15) is 0 Å². The third-order valence-corrected chi connectivity index (χ3v) is 3.17. The Morgan fingerprint density at radius 3 is 2.50 bits per heavy atom. The summed E-state index contributed by atoms with van der Waals surface area (Å²) in [5.74, 6) is 0.340. The Morgan fingerprint density at radius 1 is 1.05 bits per heavy atom. The first-order chi connectivity index (χ1) is 9.75. The van der Waals surface area contributed by atoms with Crippen LogP contribution < -0.4 is 16.0 Å². The van der Waals surface area contributed by atoms with Crippen LogP contribution >= 0.6 is 0 Å². The van der Waals surface area contributed by atoms with Gasteiger partial charge in [0.05, 0.1) is 6.54 Å². The number of amides is 2. The Morgan fingerprint density at radius 2 is 1.80 bits per heavy atom. The molecule has 108 valence electrons. The minimum atomic E-state index is -0.0395. The maximum absolute atomic E-state index is 11.6. The van der Waals surface area contributed by atoms with E-state index in [9.17, 15) is 9.59 Å². The molecule has 0 radical (unpaired) electrons. The van der Waals surface area contributed by atoms with Gasteiger partial charge < -0.3 is 16.0 Å². The highest BCUT2D eigenvalue weighted by Gasteiger charge is 2.28. The summed E-state index contributed by atoms with van der Waals surface area (Å²) in [5.41, 5.74) is 1.08. The molecule has 0 bridgehead atoms. The summed E-state index contributed by atoms with van der Waals surface area (Å²) in [4.78, 5) is 22.9. The summed E-state index contributed by atoms with van der Waals surface area (Å²) in [6.07, 6.45) is 2.03. The smallest absolute Gasteiger partial charge is 0.234 e. The molecule has 0 aliphatic heterocycles. The molecule has 0 unspecified atom stereocenters. The Kier molecular flexibility index (Phi) is 5.55. The van der Waals surface area contributed by atoms with Crippen LogP contribution in [0.2, 0.25) is 0 Å². The topological polar surface area (TPSA) is 70.2 Å². The molecular weight excluding hydrogens is 254 g/mol. The quantitative estimate of drug-likeness (QED) is 0.602. The molecule has 0 spiro atoms. The van der Waals surface area contributed by atoms with Crippen molar-refractivity contribution >= 4 is 11.8 Å². The van der Waals surface area contributed by atoms with Gasteiger partial charge in [0, 0.05) is 25.6 Å². The highest BCUT2D eigenvalue weighted by Crippen LogP contribution is 2.28. The van der Waals surface area contributed by atoms with Crippen molar-refractivity contribution in [3.8, 4) is 0 Å². The molecule has 1 aromatic rings. The fourth-order valence-electron chi connectivity index (χ4n) is 1.82. The van der Waals surface area contributed by atoms with E-state index in [0.717, 1.165) is 18.4 Å². The largest absolute Gasteiger partial charge is 0.355 e. The molecule has 20 heavy (non-hydrogen) atoms. The lowest BCUT2D eigenvalue weighted by atomic mass is 10.2. The molecule has 0 heterocycles. The molecule has 0 atom stereocenters. The molecule has 1 aliphatic rings. The number of hydrogen-bond acceptors (Lipinski definition) is 3.